The third-order valence-electron chi connectivity index (χ3n) is 6.31. The van der Waals surface area contributed by atoms with Gasteiger partial charge in [0.25, 0.3) is 15.9 Å². The van der Waals surface area contributed by atoms with Gasteiger partial charge in [0.15, 0.2) is 5.17 Å². The molecule has 0 radical (unpaired) electrons. The number of anilines is 1. The number of carbonyl (C=O) groups is 1. The summed E-state index contributed by atoms with van der Waals surface area (Å²) < 4.78 is 33.0. The van der Waals surface area contributed by atoms with Crippen LogP contribution in [0.4, 0.5) is 5.69 Å². The number of amides is 1. The highest BCUT2D eigenvalue weighted by atomic mass is 32.2. The van der Waals surface area contributed by atoms with Crippen LogP contribution in [0.5, 0.6) is 0 Å². The second-order valence-corrected chi connectivity index (χ2v) is 10.9. The van der Waals surface area contributed by atoms with Crippen molar-refractivity contribution in [3.63, 3.8) is 0 Å². The Bertz CT molecular complexity index is 956. The summed E-state index contributed by atoms with van der Waals surface area (Å²) >= 11 is 1.31. The molecule has 0 spiro atoms. The van der Waals surface area contributed by atoms with Gasteiger partial charge in [0.1, 0.15) is 0 Å². The Morgan fingerprint density at radius 2 is 1.97 bits per heavy atom. The number of rotatable bonds is 7. The SMILES string of the molecule is CCC(CC)C(CNC(=O)c1ccc2c(c1)SC1=NS(=O)(=O)CCN12)N1CCOCC1. The predicted molar refractivity (Wildman–Crippen MR) is 123 cm³/mol. The van der Waals surface area contributed by atoms with Gasteiger partial charge in [0.05, 0.1) is 24.7 Å². The first-order chi connectivity index (χ1) is 14.9. The van der Waals surface area contributed by atoms with E-state index >= 15 is 0 Å². The summed E-state index contributed by atoms with van der Waals surface area (Å²) in [4.78, 5) is 18.2. The number of sulfonamides is 1. The highest BCUT2D eigenvalue weighted by Gasteiger charge is 2.33. The number of benzene rings is 1. The fraction of sp³-hybridized carbons (Fsp3) is 0.619. The molecule has 31 heavy (non-hydrogen) atoms. The summed E-state index contributed by atoms with van der Waals surface area (Å²) in [6, 6.07) is 5.82. The maximum atomic E-state index is 12.9. The summed E-state index contributed by atoms with van der Waals surface area (Å²) in [7, 11) is -3.39. The Morgan fingerprint density at radius 3 is 2.68 bits per heavy atom. The van der Waals surface area contributed by atoms with Crippen molar-refractivity contribution < 1.29 is 17.9 Å². The minimum absolute atomic E-state index is 0.0116. The summed E-state index contributed by atoms with van der Waals surface area (Å²) in [5, 5.41) is 3.61. The van der Waals surface area contributed by atoms with Crippen LogP contribution in [-0.4, -0.2) is 75.6 Å². The van der Waals surface area contributed by atoms with Crippen LogP contribution in [0.25, 0.3) is 0 Å². The molecule has 3 aliphatic heterocycles. The number of amidine groups is 1. The van der Waals surface area contributed by atoms with E-state index in [0.717, 1.165) is 49.7 Å². The van der Waals surface area contributed by atoms with Gasteiger partial charge in [-0.3, -0.25) is 9.69 Å². The number of fused-ring (bicyclic) bond motifs is 3. The average molecular weight is 467 g/mol. The molecule has 8 nitrogen and oxygen atoms in total. The Labute approximate surface area is 188 Å². The molecular formula is C21H30N4O4S2. The summed E-state index contributed by atoms with van der Waals surface area (Å²) in [5.41, 5.74) is 1.50. The zero-order valence-electron chi connectivity index (χ0n) is 18.0. The van der Waals surface area contributed by atoms with E-state index in [2.05, 4.69) is 28.5 Å². The molecule has 0 bridgehead atoms. The molecule has 1 amide bonds. The minimum Gasteiger partial charge on any atom is -0.379 e. The number of hydrogen-bond acceptors (Lipinski definition) is 7. The Hall–Kier alpha value is -1.62. The van der Waals surface area contributed by atoms with Crippen LogP contribution in [-0.2, 0) is 14.8 Å². The molecule has 10 heteroatoms. The van der Waals surface area contributed by atoms with E-state index in [9.17, 15) is 13.2 Å². The number of hydrogen-bond donors (Lipinski definition) is 1. The van der Waals surface area contributed by atoms with E-state index in [-0.39, 0.29) is 11.7 Å². The van der Waals surface area contributed by atoms with Crippen LogP contribution in [0, 0.1) is 5.92 Å². The monoisotopic (exact) mass is 466 g/mol. The van der Waals surface area contributed by atoms with Gasteiger partial charge in [0, 0.05) is 42.7 Å². The normalized spacial score (nSPS) is 21.4. The van der Waals surface area contributed by atoms with Crippen LogP contribution >= 0.6 is 11.8 Å². The molecule has 1 fully saturated rings. The predicted octanol–water partition coefficient (Wildman–Crippen LogP) is 2.16. The van der Waals surface area contributed by atoms with Gasteiger partial charge in [0.2, 0.25) is 0 Å². The van der Waals surface area contributed by atoms with E-state index < -0.39 is 10.0 Å². The lowest BCUT2D eigenvalue weighted by molar-refractivity contribution is 0.00191. The van der Waals surface area contributed by atoms with Crippen molar-refractivity contribution in [2.24, 2.45) is 10.3 Å². The van der Waals surface area contributed by atoms with E-state index in [1.54, 1.807) is 0 Å². The topological polar surface area (TPSA) is 91.3 Å². The maximum Gasteiger partial charge on any atom is 0.257 e. The number of nitrogens with one attached hydrogen (secondary N) is 1. The third kappa shape index (κ3) is 4.92. The van der Waals surface area contributed by atoms with Crippen molar-refractivity contribution >= 4 is 38.5 Å². The number of ether oxygens (including phenoxy) is 1. The molecule has 1 aromatic rings. The van der Waals surface area contributed by atoms with Crippen molar-refractivity contribution in [1.29, 1.82) is 0 Å². The highest BCUT2D eigenvalue weighted by molar-refractivity contribution is 8.15. The molecule has 0 aromatic heterocycles. The lowest BCUT2D eigenvalue weighted by Crippen LogP contribution is -2.52. The summed E-state index contributed by atoms with van der Waals surface area (Å²) in [6.45, 7) is 8.68. The molecular weight excluding hydrogens is 436 g/mol. The van der Waals surface area contributed by atoms with E-state index in [4.69, 9.17) is 4.74 Å². The second kappa shape index (κ2) is 9.48. The lowest BCUT2D eigenvalue weighted by Gasteiger charge is -2.38. The largest absolute Gasteiger partial charge is 0.379 e. The van der Waals surface area contributed by atoms with Crippen molar-refractivity contribution in [2.75, 3.05) is 50.0 Å². The molecule has 3 aliphatic rings. The Balaban J connectivity index is 1.45. The van der Waals surface area contributed by atoms with Crippen molar-refractivity contribution in [1.82, 2.24) is 10.2 Å². The van der Waals surface area contributed by atoms with Crippen LogP contribution in [0.2, 0.25) is 0 Å². The van der Waals surface area contributed by atoms with Crippen molar-refractivity contribution in [2.45, 2.75) is 37.6 Å². The molecule has 1 unspecified atom stereocenters. The van der Waals surface area contributed by atoms with Crippen LogP contribution in [0.3, 0.4) is 0 Å². The quantitative estimate of drug-likeness (QED) is 0.658. The van der Waals surface area contributed by atoms with Crippen LogP contribution < -0.4 is 10.2 Å². The smallest absolute Gasteiger partial charge is 0.257 e. The fourth-order valence-corrected chi connectivity index (χ4v) is 6.80. The van der Waals surface area contributed by atoms with Crippen LogP contribution in [0.15, 0.2) is 27.5 Å². The molecule has 0 saturated carbocycles. The van der Waals surface area contributed by atoms with Crippen LogP contribution in [0.1, 0.15) is 37.0 Å². The zero-order valence-corrected chi connectivity index (χ0v) is 19.7. The van der Waals surface area contributed by atoms with Gasteiger partial charge in [-0.1, -0.05) is 26.7 Å². The Kier molecular flexibility index (Phi) is 6.90. The number of carbonyl (C=O) groups excluding carboxylic acids is 1. The molecule has 1 aromatic carbocycles. The second-order valence-electron chi connectivity index (χ2n) is 8.10. The van der Waals surface area contributed by atoms with Gasteiger partial charge in [-0.05, 0) is 35.9 Å². The van der Waals surface area contributed by atoms with Gasteiger partial charge in [-0.15, -0.1) is 4.40 Å². The number of nitrogens with zero attached hydrogens (tertiary/aromatic N) is 3. The fourth-order valence-electron chi connectivity index (χ4n) is 4.51. The molecule has 1 atom stereocenters. The first-order valence-corrected chi connectivity index (χ1v) is 13.4. The highest BCUT2D eigenvalue weighted by Crippen LogP contribution is 2.42. The molecule has 0 aliphatic carbocycles. The zero-order chi connectivity index (χ0) is 22.0. The van der Waals surface area contributed by atoms with Crippen molar-refractivity contribution in [3.8, 4) is 0 Å². The van der Waals surface area contributed by atoms with Gasteiger partial charge in [-0.25, -0.2) is 8.42 Å². The molecule has 1 saturated heterocycles. The summed E-state index contributed by atoms with van der Waals surface area (Å²) in [6.07, 6.45) is 2.15. The number of morpholine rings is 1. The van der Waals surface area contributed by atoms with Gasteiger partial charge in [-0.2, -0.15) is 0 Å². The van der Waals surface area contributed by atoms with Crippen molar-refractivity contribution in [3.05, 3.63) is 23.8 Å². The minimum atomic E-state index is -3.39. The first-order valence-electron chi connectivity index (χ1n) is 10.9. The molecule has 170 valence electrons. The number of thioether (sulfide) groups is 1. The Morgan fingerprint density at radius 1 is 1.23 bits per heavy atom. The third-order valence-corrected chi connectivity index (χ3v) is 8.62. The molecule has 1 N–H and O–H groups in total. The van der Waals surface area contributed by atoms with E-state index in [1.165, 1.54) is 11.8 Å². The average Bonchev–Trinajstić information content (AvgIpc) is 3.12. The van der Waals surface area contributed by atoms with Gasteiger partial charge < -0.3 is 15.0 Å². The first kappa shape index (κ1) is 22.6. The van der Waals surface area contributed by atoms with Gasteiger partial charge >= 0.3 is 0 Å². The van der Waals surface area contributed by atoms with E-state index in [1.807, 2.05) is 23.1 Å². The molecule has 3 heterocycles. The standard InChI is InChI=1S/C21H30N4O4S2/c1-3-15(4-2)18(24-7-10-29-11-8-24)14-22-20(26)16-5-6-17-19(13-16)30-21-23-31(27,28)12-9-25(17)21/h5-6,13,15,18H,3-4,7-12,14H2,1-2H3,(H,22,26). The maximum absolute atomic E-state index is 12.9. The summed E-state index contributed by atoms with van der Waals surface area (Å²) in [5.74, 6) is 0.425. The molecule has 4 rings (SSSR count). The lowest BCUT2D eigenvalue weighted by atomic mass is 9.92. The van der Waals surface area contributed by atoms with E-state index in [0.29, 0.717) is 35.8 Å².